The first-order valence-electron chi connectivity index (χ1n) is 7.06. The highest BCUT2D eigenvalue weighted by atomic mass is 19.1. The molecule has 2 heterocycles. The van der Waals surface area contributed by atoms with Crippen molar-refractivity contribution in [2.24, 2.45) is 0 Å². The number of hydrogen-bond donors (Lipinski definition) is 2. The number of anilines is 1. The Labute approximate surface area is 122 Å². The molecule has 0 radical (unpaired) electrons. The predicted molar refractivity (Wildman–Crippen MR) is 75.7 cm³/mol. The van der Waals surface area contributed by atoms with Gasteiger partial charge in [-0.2, -0.15) is 0 Å². The average molecular weight is 297 g/mol. The summed E-state index contributed by atoms with van der Waals surface area (Å²) in [6.07, 6.45) is 1.95. The molecular weight excluding hydrogens is 277 g/mol. The highest BCUT2D eigenvalue weighted by Crippen LogP contribution is 2.19. The number of morpholine rings is 1. The first-order chi connectivity index (χ1) is 10.2. The Hall–Kier alpha value is -1.73. The number of nitrogens with zero attached hydrogens (tertiary/aromatic N) is 2. The number of amides is 1. The third-order valence-corrected chi connectivity index (χ3v) is 3.33. The number of rotatable bonds is 5. The van der Waals surface area contributed by atoms with Crippen molar-refractivity contribution < 1.29 is 19.0 Å². The van der Waals surface area contributed by atoms with Crippen LogP contribution in [0.4, 0.5) is 10.2 Å². The Morgan fingerprint density at radius 2 is 2.48 bits per heavy atom. The second-order valence-electron chi connectivity index (χ2n) is 4.89. The van der Waals surface area contributed by atoms with Gasteiger partial charge in [0.15, 0.2) is 0 Å². The number of aromatic nitrogens is 1. The zero-order chi connectivity index (χ0) is 15.2. The van der Waals surface area contributed by atoms with E-state index in [1.165, 1.54) is 11.0 Å². The standard InChI is InChI=1S/C14H20FN3O3/c1-2-3-16-13-12(6-10(15)7-17-13)14(20)18-4-5-21-9-11(18)8-19/h6-7,11,19H,2-5,8-9H2,1H3,(H,16,17). The number of aliphatic hydroxyl groups is 1. The lowest BCUT2D eigenvalue weighted by atomic mass is 10.1. The summed E-state index contributed by atoms with van der Waals surface area (Å²) < 4.78 is 18.7. The summed E-state index contributed by atoms with van der Waals surface area (Å²) in [6, 6.07) is 0.769. The summed E-state index contributed by atoms with van der Waals surface area (Å²) in [7, 11) is 0. The van der Waals surface area contributed by atoms with Gasteiger partial charge in [0.2, 0.25) is 0 Å². The monoisotopic (exact) mass is 297 g/mol. The number of halogens is 1. The molecule has 1 saturated heterocycles. The lowest BCUT2D eigenvalue weighted by molar-refractivity contribution is -0.0183. The van der Waals surface area contributed by atoms with Gasteiger partial charge in [-0.05, 0) is 12.5 Å². The number of ether oxygens (including phenoxy) is 1. The average Bonchev–Trinajstić information content (AvgIpc) is 2.53. The minimum Gasteiger partial charge on any atom is -0.394 e. The summed E-state index contributed by atoms with van der Waals surface area (Å²) >= 11 is 0. The van der Waals surface area contributed by atoms with E-state index in [1.54, 1.807) is 0 Å². The molecule has 1 atom stereocenters. The zero-order valence-corrected chi connectivity index (χ0v) is 12.0. The van der Waals surface area contributed by atoms with E-state index in [0.717, 1.165) is 12.6 Å². The van der Waals surface area contributed by atoms with Gasteiger partial charge in [0.1, 0.15) is 11.6 Å². The number of carbonyl (C=O) groups is 1. The van der Waals surface area contributed by atoms with Crippen molar-refractivity contribution in [1.82, 2.24) is 9.88 Å². The van der Waals surface area contributed by atoms with Gasteiger partial charge in [0.05, 0.1) is 37.6 Å². The summed E-state index contributed by atoms with van der Waals surface area (Å²) in [5.74, 6) is -0.538. The van der Waals surface area contributed by atoms with Crippen LogP contribution in [0.25, 0.3) is 0 Å². The number of nitrogens with one attached hydrogen (secondary N) is 1. The maximum Gasteiger partial charge on any atom is 0.258 e. The van der Waals surface area contributed by atoms with Crippen molar-refractivity contribution in [3.63, 3.8) is 0 Å². The van der Waals surface area contributed by atoms with E-state index in [2.05, 4.69) is 10.3 Å². The normalized spacial score (nSPS) is 18.6. The minimum absolute atomic E-state index is 0.184. The fraction of sp³-hybridized carbons (Fsp3) is 0.571. The summed E-state index contributed by atoms with van der Waals surface area (Å²) in [5, 5.41) is 12.4. The van der Waals surface area contributed by atoms with Crippen molar-refractivity contribution in [3.05, 3.63) is 23.6 Å². The van der Waals surface area contributed by atoms with Gasteiger partial charge in [-0.3, -0.25) is 4.79 Å². The molecule has 0 bridgehead atoms. The predicted octanol–water partition coefficient (Wildman–Crippen LogP) is 0.876. The van der Waals surface area contributed by atoms with Gasteiger partial charge in [0.25, 0.3) is 5.91 Å². The van der Waals surface area contributed by atoms with Crippen molar-refractivity contribution in [3.8, 4) is 0 Å². The first kappa shape index (κ1) is 15.7. The molecule has 0 aromatic carbocycles. The third kappa shape index (κ3) is 3.68. The number of aliphatic hydroxyl groups excluding tert-OH is 1. The Bertz CT molecular complexity index is 498. The van der Waals surface area contributed by atoms with E-state index < -0.39 is 11.9 Å². The quantitative estimate of drug-likeness (QED) is 0.844. The number of pyridine rings is 1. The van der Waals surface area contributed by atoms with Gasteiger partial charge in [-0.25, -0.2) is 9.37 Å². The fourth-order valence-electron chi connectivity index (χ4n) is 2.21. The molecule has 0 spiro atoms. The van der Waals surface area contributed by atoms with Crippen LogP contribution in [0.1, 0.15) is 23.7 Å². The lowest BCUT2D eigenvalue weighted by Gasteiger charge is -2.34. The van der Waals surface area contributed by atoms with Crippen molar-refractivity contribution in [2.45, 2.75) is 19.4 Å². The molecule has 1 unspecified atom stereocenters. The highest BCUT2D eigenvalue weighted by Gasteiger charge is 2.29. The van der Waals surface area contributed by atoms with Crippen molar-refractivity contribution >= 4 is 11.7 Å². The van der Waals surface area contributed by atoms with Gasteiger partial charge in [0, 0.05) is 13.1 Å². The Morgan fingerprint density at radius 1 is 1.67 bits per heavy atom. The van der Waals surface area contributed by atoms with E-state index in [0.29, 0.717) is 25.5 Å². The van der Waals surface area contributed by atoms with E-state index in [9.17, 15) is 14.3 Å². The molecule has 1 aromatic rings. The maximum absolute atomic E-state index is 13.4. The molecule has 1 amide bonds. The molecule has 2 N–H and O–H groups in total. The molecule has 1 aliphatic rings. The number of carbonyl (C=O) groups excluding carboxylic acids is 1. The molecule has 1 aliphatic heterocycles. The van der Waals surface area contributed by atoms with E-state index in [-0.39, 0.29) is 24.7 Å². The molecular formula is C14H20FN3O3. The molecule has 1 aromatic heterocycles. The molecule has 6 nitrogen and oxygen atoms in total. The largest absolute Gasteiger partial charge is 0.394 e. The Morgan fingerprint density at radius 3 is 3.19 bits per heavy atom. The third-order valence-electron chi connectivity index (χ3n) is 3.33. The first-order valence-corrected chi connectivity index (χ1v) is 7.06. The van der Waals surface area contributed by atoms with Gasteiger partial charge >= 0.3 is 0 Å². The molecule has 21 heavy (non-hydrogen) atoms. The number of hydrogen-bond acceptors (Lipinski definition) is 5. The molecule has 116 valence electrons. The minimum atomic E-state index is -0.561. The van der Waals surface area contributed by atoms with Gasteiger partial charge in [-0.1, -0.05) is 6.92 Å². The van der Waals surface area contributed by atoms with Crippen LogP contribution in [0.15, 0.2) is 12.3 Å². The summed E-state index contributed by atoms with van der Waals surface area (Å²) in [5.41, 5.74) is 0.184. The summed E-state index contributed by atoms with van der Waals surface area (Å²) in [6.45, 7) is 3.50. The molecule has 0 aliphatic carbocycles. The molecule has 0 saturated carbocycles. The van der Waals surface area contributed by atoms with Crippen molar-refractivity contribution in [2.75, 3.05) is 38.2 Å². The van der Waals surface area contributed by atoms with Crippen LogP contribution in [-0.2, 0) is 4.74 Å². The van der Waals surface area contributed by atoms with E-state index in [1.807, 2.05) is 6.92 Å². The van der Waals surface area contributed by atoms with E-state index in [4.69, 9.17) is 4.74 Å². The molecule has 1 fully saturated rings. The summed E-state index contributed by atoms with van der Waals surface area (Å²) in [4.78, 5) is 18.1. The van der Waals surface area contributed by atoms with Gasteiger partial charge < -0.3 is 20.1 Å². The maximum atomic E-state index is 13.4. The second-order valence-corrected chi connectivity index (χ2v) is 4.89. The van der Waals surface area contributed by atoms with E-state index >= 15 is 0 Å². The van der Waals surface area contributed by atoms with Crippen molar-refractivity contribution in [1.29, 1.82) is 0 Å². The van der Waals surface area contributed by atoms with Crippen LogP contribution < -0.4 is 5.32 Å². The lowest BCUT2D eigenvalue weighted by Crippen LogP contribution is -2.50. The Balaban J connectivity index is 2.26. The molecule has 2 rings (SSSR count). The highest BCUT2D eigenvalue weighted by molar-refractivity contribution is 5.99. The van der Waals surface area contributed by atoms with Crippen LogP contribution in [-0.4, -0.2) is 59.8 Å². The van der Waals surface area contributed by atoms with Crippen LogP contribution >= 0.6 is 0 Å². The topological polar surface area (TPSA) is 74.7 Å². The van der Waals surface area contributed by atoms with Crippen LogP contribution in [0.2, 0.25) is 0 Å². The van der Waals surface area contributed by atoms with Crippen LogP contribution in [0, 0.1) is 5.82 Å². The fourth-order valence-corrected chi connectivity index (χ4v) is 2.21. The molecule has 7 heteroatoms. The van der Waals surface area contributed by atoms with Gasteiger partial charge in [-0.15, -0.1) is 0 Å². The SMILES string of the molecule is CCCNc1ncc(F)cc1C(=O)N1CCOCC1CO. The van der Waals surface area contributed by atoms with Crippen LogP contribution in [0.5, 0.6) is 0 Å². The zero-order valence-electron chi connectivity index (χ0n) is 12.0. The van der Waals surface area contributed by atoms with Crippen LogP contribution in [0.3, 0.4) is 0 Å². The smallest absolute Gasteiger partial charge is 0.258 e. The Kier molecular flexibility index (Phi) is 5.46. The second kappa shape index (κ2) is 7.33.